The molecule has 0 aliphatic rings. The number of para-hydroxylation sites is 1. The third-order valence-corrected chi connectivity index (χ3v) is 2.85. The van der Waals surface area contributed by atoms with Crippen molar-refractivity contribution in [3.8, 4) is 0 Å². The molecule has 1 N–H and O–H groups in total. The molecule has 2 aromatic rings. The molecule has 0 spiro atoms. The van der Waals surface area contributed by atoms with E-state index in [1.54, 1.807) is 0 Å². The SMILES string of the molecule is CCOCC(NC)c1cnc2ccccc2c1. The highest BCUT2D eigenvalue weighted by molar-refractivity contribution is 5.78. The van der Waals surface area contributed by atoms with Crippen LogP contribution in [0.5, 0.6) is 0 Å². The molecule has 90 valence electrons. The standard InChI is InChI=1S/C14H18N2O/c1-3-17-10-14(15-2)12-8-11-6-4-5-7-13(11)16-9-12/h4-9,14-15H,3,10H2,1-2H3. The summed E-state index contributed by atoms with van der Waals surface area (Å²) < 4.78 is 5.46. The first-order chi connectivity index (χ1) is 8.35. The predicted molar refractivity (Wildman–Crippen MR) is 70.0 cm³/mol. The first-order valence-corrected chi connectivity index (χ1v) is 5.95. The highest BCUT2D eigenvalue weighted by Crippen LogP contribution is 2.18. The van der Waals surface area contributed by atoms with Crippen LogP contribution in [0.3, 0.4) is 0 Å². The van der Waals surface area contributed by atoms with Crippen molar-refractivity contribution in [3.63, 3.8) is 0 Å². The maximum atomic E-state index is 5.46. The molecule has 0 aliphatic heterocycles. The molecule has 0 fully saturated rings. The van der Waals surface area contributed by atoms with Crippen LogP contribution in [0, 0.1) is 0 Å². The Bertz CT molecular complexity index is 484. The van der Waals surface area contributed by atoms with Gasteiger partial charge in [0.2, 0.25) is 0 Å². The van der Waals surface area contributed by atoms with Crippen LogP contribution in [-0.4, -0.2) is 25.2 Å². The molecule has 0 aliphatic carbocycles. The van der Waals surface area contributed by atoms with Gasteiger partial charge in [0.25, 0.3) is 0 Å². The highest BCUT2D eigenvalue weighted by atomic mass is 16.5. The van der Waals surface area contributed by atoms with Gasteiger partial charge in [0.15, 0.2) is 0 Å². The molecule has 17 heavy (non-hydrogen) atoms. The number of rotatable bonds is 5. The van der Waals surface area contributed by atoms with Gasteiger partial charge in [0.05, 0.1) is 18.2 Å². The maximum absolute atomic E-state index is 5.46. The van der Waals surface area contributed by atoms with Crippen molar-refractivity contribution < 1.29 is 4.74 Å². The topological polar surface area (TPSA) is 34.1 Å². The van der Waals surface area contributed by atoms with E-state index in [4.69, 9.17) is 4.74 Å². The Morgan fingerprint density at radius 2 is 2.18 bits per heavy atom. The molecule has 1 unspecified atom stereocenters. The van der Waals surface area contributed by atoms with E-state index in [0.717, 1.165) is 12.1 Å². The zero-order valence-electron chi connectivity index (χ0n) is 10.3. The van der Waals surface area contributed by atoms with Crippen LogP contribution in [-0.2, 0) is 4.74 Å². The van der Waals surface area contributed by atoms with Crippen molar-refractivity contribution >= 4 is 10.9 Å². The lowest BCUT2D eigenvalue weighted by Crippen LogP contribution is -2.21. The first kappa shape index (κ1) is 12.0. The Kier molecular flexibility index (Phi) is 4.07. The van der Waals surface area contributed by atoms with Crippen LogP contribution in [0.15, 0.2) is 36.5 Å². The number of benzene rings is 1. The monoisotopic (exact) mass is 230 g/mol. The zero-order chi connectivity index (χ0) is 12.1. The predicted octanol–water partition coefficient (Wildman–Crippen LogP) is 2.53. The summed E-state index contributed by atoms with van der Waals surface area (Å²) in [6, 6.07) is 10.5. The van der Waals surface area contributed by atoms with E-state index in [1.165, 1.54) is 10.9 Å². The number of ether oxygens (including phenoxy) is 1. The van der Waals surface area contributed by atoms with Crippen LogP contribution in [0.1, 0.15) is 18.5 Å². The summed E-state index contributed by atoms with van der Waals surface area (Å²) in [7, 11) is 1.94. The van der Waals surface area contributed by atoms with Crippen molar-refractivity contribution in [1.82, 2.24) is 10.3 Å². The van der Waals surface area contributed by atoms with Gasteiger partial charge in [0, 0.05) is 18.2 Å². The van der Waals surface area contributed by atoms with E-state index in [-0.39, 0.29) is 6.04 Å². The summed E-state index contributed by atoms with van der Waals surface area (Å²) >= 11 is 0. The fraction of sp³-hybridized carbons (Fsp3) is 0.357. The number of nitrogens with zero attached hydrogens (tertiary/aromatic N) is 1. The minimum atomic E-state index is 0.201. The van der Waals surface area contributed by atoms with Gasteiger partial charge in [-0.1, -0.05) is 18.2 Å². The Morgan fingerprint density at radius 3 is 2.94 bits per heavy atom. The Morgan fingerprint density at radius 1 is 1.35 bits per heavy atom. The Hall–Kier alpha value is -1.45. The lowest BCUT2D eigenvalue weighted by Gasteiger charge is -2.16. The van der Waals surface area contributed by atoms with E-state index in [9.17, 15) is 0 Å². The summed E-state index contributed by atoms with van der Waals surface area (Å²) in [5.41, 5.74) is 2.20. The molecule has 3 nitrogen and oxygen atoms in total. The third kappa shape index (κ3) is 2.81. The number of nitrogens with one attached hydrogen (secondary N) is 1. The smallest absolute Gasteiger partial charge is 0.0702 e. The van der Waals surface area contributed by atoms with E-state index in [2.05, 4.69) is 22.4 Å². The van der Waals surface area contributed by atoms with Gasteiger partial charge in [-0.2, -0.15) is 0 Å². The van der Waals surface area contributed by atoms with E-state index >= 15 is 0 Å². The summed E-state index contributed by atoms with van der Waals surface area (Å²) in [5, 5.41) is 4.42. The first-order valence-electron chi connectivity index (χ1n) is 5.95. The van der Waals surface area contributed by atoms with Crippen molar-refractivity contribution in [2.45, 2.75) is 13.0 Å². The second kappa shape index (κ2) is 5.75. The molecule has 0 amide bonds. The van der Waals surface area contributed by atoms with Gasteiger partial charge in [-0.05, 0) is 31.7 Å². The number of fused-ring (bicyclic) bond motifs is 1. The molecular weight excluding hydrogens is 212 g/mol. The molecule has 0 saturated heterocycles. The van der Waals surface area contributed by atoms with Crippen LogP contribution in [0.25, 0.3) is 10.9 Å². The number of aromatic nitrogens is 1. The fourth-order valence-corrected chi connectivity index (χ4v) is 1.86. The van der Waals surface area contributed by atoms with Gasteiger partial charge in [0.1, 0.15) is 0 Å². The van der Waals surface area contributed by atoms with E-state index in [0.29, 0.717) is 6.61 Å². The Labute approximate surface area is 102 Å². The van der Waals surface area contributed by atoms with Crippen molar-refractivity contribution in [2.75, 3.05) is 20.3 Å². The number of hydrogen-bond acceptors (Lipinski definition) is 3. The lowest BCUT2D eigenvalue weighted by atomic mass is 10.1. The molecular formula is C14H18N2O. The van der Waals surface area contributed by atoms with Crippen LogP contribution in [0.4, 0.5) is 0 Å². The fourth-order valence-electron chi connectivity index (χ4n) is 1.86. The summed E-state index contributed by atoms with van der Waals surface area (Å²) in [6.07, 6.45) is 1.92. The molecule has 0 bridgehead atoms. The summed E-state index contributed by atoms with van der Waals surface area (Å²) in [4.78, 5) is 4.46. The van der Waals surface area contributed by atoms with Gasteiger partial charge in [-0.15, -0.1) is 0 Å². The van der Waals surface area contributed by atoms with Crippen LogP contribution < -0.4 is 5.32 Å². The Balaban J connectivity index is 2.27. The molecule has 0 radical (unpaired) electrons. The number of likely N-dealkylation sites (N-methyl/N-ethyl adjacent to an activating group) is 1. The van der Waals surface area contributed by atoms with Crippen LogP contribution >= 0.6 is 0 Å². The van der Waals surface area contributed by atoms with Crippen molar-refractivity contribution in [1.29, 1.82) is 0 Å². The van der Waals surface area contributed by atoms with Gasteiger partial charge in [-0.3, -0.25) is 4.98 Å². The summed E-state index contributed by atoms with van der Waals surface area (Å²) in [6.45, 7) is 3.41. The molecule has 3 heteroatoms. The third-order valence-electron chi connectivity index (χ3n) is 2.85. The molecule has 1 aromatic carbocycles. The average Bonchev–Trinajstić information content (AvgIpc) is 2.39. The van der Waals surface area contributed by atoms with Gasteiger partial charge >= 0.3 is 0 Å². The quantitative estimate of drug-likeness (QED) is 0.857. The molecule has 1 heterocycles. The zero-order valence-corrected chi connectivity index (χ0v) is 10.3. The normalized spacial score (nSPS) is 12.8. The summed E-state index contributed by atoms with van der Waals surface area (Å²) in [5.74, 6) is 0. The number of pyridine rings is 1. The highest BCUT2D eigenvalue weighted by Gasteiger charge is 2.09. The van der Waals surface area contributed by atoms with E-state index < -0.39 is 0 Å². The molecule has 0 saturated carbocycles. The minimum Gasteiger partial charge on any atom is -0.380 e. The second-order valence-electron chi connectivity index (χ2n) is 3.96. The van der Waals surface area contributed by atoms with Gasteiger partial charge < -0.3 is 10.1 Å². The largest absolute Gasteiger partial charge is 0.380 e. The van der Waals surface area contributed by atoms with Gasteiger partial charge in [-0.25, -0.2) is 0 Å². The average molecular weight is 230 g/mol. The molecule has 1 atom stereocenters. The van der Waals surface area contributed by atoms with Crippen molar-refractivity contribution in [2.24, 2.45) is 0 Å². The molecule has 1 aromatic heterocycles. The maximum Gasteiger partial charge on any atom is 0.0702 e. The van der Waals surface area contributed by atoms with E-state index in [1.807, 2.05) is 38.4 Å². The number of hydrogen-bond donors (Lipinski definition) is 1. The lowest BCUT2D eigenvalue weighted by molar-refractivity contribution is 0.125. The van der Waals surface area contributed by atoms with Crippen molar-refractivity contribution in [3.05, 3.63) is 42.1 Å². The molecule has 2 rings (SSSR count). The van der Waals surface area contributed by atoms with Crippen LogP contribution in [0.2, 0.25) is 0 Å². The minimum absolute atomic E-state index is 0.201. The second-order valence-corrected chi connectivity index (χ2v) is 3.96.